The van der Waals surface area contributed by atoms with Gasteiger partial charge in [-0.25, -0.2) is 0 Å². The summed E-state index contributed by atoms with van der Waals surface area (Å²) >= 11 is 7.57. The highest BCUT2D eigenvalue weighted by Crippen LogP contribution is 2.22. The summed E-state index contributed by atoms with van der Waals surface area (Å²) in [6.07, 6.45) is 3.69. The molecule has 2 aromatic carbocycles. The summed E-state index contributed by atoms with van der Waals surface area (Å²) in [4.78, 5) is 28.8. The molecule has 2 aromatic rings. The van der Waals surface area contributed by atoms with Gasteiger partial charge in [-0.1, -0.05) is 62.2 Å². The highest BCUT2D eigenvalue weighted by atomic mass is 35.5. The fourth-order valence-corrected chi connectivity index (χ4v) is 4.30. The first-order valence-corrected chi connectivity index (χ1v) is 12.4. The Morgan fingerprint density at radius 3 is 2.42 bits per heavy atom. The molecule has 0 aliphatic heterocycles. The molecule has 0 spiro atoms. The van der Waals surface area contributed by atoms with Crippen LogP contribution >= 0.6 is 23.4 Å². The Labute approximate surface area is 195 Å². The summed E-state index contributed by atoms with van der Waals surface area (Å²) in [5, 5.41) is 3.71. The minimum atomic E-state index is -0.436. The Balaban J connectivity index is 2.02. The molecular weight excluding hydrogens is 428 g/mol. The van der Waals surface area contributed by atoms with E-state index >= 15 is 0 Å². The lowest BCUT2D eigenvalue weighted by Gasteiger charge is -2.30. The van der Waals surface area contributed by atoms with Crippen molar-refractivity contribution in [3.05, 3.63) is 65.2 Å². The van der Waals surface area contributed by atoms with Crippen LogP contribution in [0.1, 0.15) is 45.1 Å². The van der Waals surface area contributed by atoms with Gasteiger partial charge in [-0.3, -0.25) is 9.59 Å². The van der Waals surface area contributed by atoms with Gasteiger partial charge in [0.2, 0.25) is 11.8 Å². The zero-order valence-electron chi connectivity index (χ0n) is 18.5. The van der Waals surface area contributed by atoms with Gasteiger partial charge < -0.3 is 10.2 Å². The van der Waals surface area contributed by atoms with Crippen LogP contribution in [-0.4, -0.2) is 41.6 Å². The number of amides is 2. The van der Waals surface area contributed by atoms with Gasteiger partial charge in [0.1, 0.15) is 6.04 Å². The van der Waals surface area contributed by atoms with Crippen LogP contribution in [-0.2, 0) is 16.0 Å². The molecule has 0 aliphatic rings. The van der Waals surface area contributed by atoms with Gasteiger partial charge in [0.05, 0.1) is 0 Å². The first kappa shape index (κ1) is 25.3. The van der Waals surface area contributed by atoms with Crippen LogP contribution in [0.3, 0.4) is 0 Å². The van der Waals surface area contributed by atoms with Gasteiger partial charge >= 0.3 is 0 Å². The molecule has 0 fully saturated rings. The van der Waals surface area contributed by atoms with Crippen molar-refractivity contribution in [2.24, 2.45) is 0 Å². The van der Waals surface area contributed by atoms with Crippen molar-refractivity contribution in [3.8, 4) is 0 Å². The molecule has 0 bridgehead atoms. The fraction of sp³-hybridized carbons (Fsp3) is 0.440. The second kappa shape index (κ2) is 14.2. The first-order valence-electron chi connectivity index (χ1n) is 11.0. The summed E-state index contributed by atoms with van der Waals surface area (Å²) in [7, 11) is 0. The molecule has 0 saturated carbocycles. The molecule has 1 N–H and O–H groups in total. The highest BCUT2D eigenvalue weighted by molar-refractivity contribution is 7.99. The Kier molecular flexibility index (Phi) is 11.5. The predicted molar refractivity (Wildman–Crippen MR) is 131 cm³/mol. The quantitative estimate of drug-likeness (QED) is 0.313. The molecule has 6 heteroatoms. The smallest absolute Gasteiger partial charge is 0.242 e. The summed E-state index contributed by atoms with van der Waals surface area (Å²) < 4.78 is 0. The van der Waals surface area contributed by atoms with Crippen molar-refractivity contribution in [1.82, 2.24) is 10.2 Å². The predicted octanol–water partition coefficient (Wildman–Crippen LogP) is 5.59. The molecule has 168 valence electrons. The van der Waals surface area contributed by atoms with Gasteiger partial charge in [0.25, 0.3) is 0 Å². The van der Waals surface area contributed by atoms with Crippen LogP contribution in [0.15, 0.2) is 59.5 Å². The summed E-state index contributed by atoms with van der Waals surface area (Å²) in [6, 6.07) is 17.3. The summed E-state index contributed by atoms with van der Waals surface area (Å²) in [6.45, 7) is 5.25. The maximum absolute atomic E-state index is 13.2. The Morgan fingerprint density at radius 2 is 1.77 bits per heavy atom. The maximum atomic E-state index is 13.2. The third kappa shape index (κ3) is 8.96. The van der Waals surface area contributed by atoms with Crippen LogP contribution in [0.4, 0.5) is 0 Å². The fourth-order valence-electron chi connectivity index (χ4n) is 3.33. The number of benzene rings is 2. The van der Waals surface area contributed by atoms with Crippen molar-refractivity contribution in [3.63, 3.8) is 0 Å². The molecule has 4 nitrogen and oxygen atoms in total. The maximum Gasteiger partial charge on any atom is 0.242 e. The molecule has 0 aromatic heterocycles. The molecule has 0 heterocycles. The number of carbonyl (C=O) groups excluding carboxylic acids is 2. The topological polar surface area (TPSA) is 49.4 Å². The molecule has 0 radical (unpaired) electrons. The van der Waals surface area contributed by atoms with Gasteiger partial charge in [-0.05, 0) is 49.1 Å². The Bertz CT molecular complexity index is 799. The molecule has 2 amide bonds. The number of rotatable bonds is 13. The van der Waals surface area contributed by atoms with Crippen molar-refractivity contribution >= 4 is 35.2 Å². The van der Waals surface area contributed by atoms with E-state index in [4.69, 9.17) is 11.6 Å². The van der Waals surface area contributed by atoms with Crippen LogP contribution < -0.4 is 5.32 Å². The Hall–Kier alpha value is -1.98. The number of nitrogens with zero attached hydrogens (tertiary/aromatic N) is 1. The standard InChI is InChI=1S/C25H33ClN2O2S/c1-3-5-17-27-25(30)23(4-2)28(18-15-20-9-7-6-8-10-20)24(29)16-19-31-22-13-11-21(26)12-14-22/h6-14,23H,3-5,15-19H2,1-2H3,(H,27,30)/t23-/m0/s1. The SMILES string of the molecule is CCCCNC(=O)[C@H](CC)N(CCc1ccccc1)C(=O)CCSc1ccc(Cl)cc1. The van der Waals surface area contributed by atoms with Crippen molar-refractivity contribution in [2.75, 3.05) is 18.8 Å². The summed E-state index contributed by atoms with van der Waals surface area (Å²) in [5.74, 6) is 0.633. The van der Waals surface area contributed by atoms with E-state index in [9.17, 15) is 9.59 Å². The van der Waals surface area contributed by atoms with Crippen LogP contribution in [0, 0.1) is 0 Å². The van der Waals surface area contributed by atoms with E-state index in [0.29, 0.717) is 36.7 Å². The number of thioether (sulfide) groups is 1. The number of unbranched alkanes of at least 4 members (excludes halogenated alkanes) is 1. The third-order valence-corrected chi connectivity index (χ3v) is 6.36. The van der Waals surface area contributed by atoms with Crippen molar-refractivity contribution in [1.29, 1.82) is 0 Å². The van der Waals surface area contributed by atoms with E-state index in [1.54, 1.807) is 16.7 Å². The second-order valence-corrected chi connectivity index (χ2v) is 9.05. The molecule has 0 saturated heterocycles. The number of hydrogen-bond acceptors (Lipinski definition) is 3. The lowest BCUT2D eigenvalue weighted by atomic mass is 10.1. The van der Waals surface area contributed by atoms with Gasteiger partial charge in [-0.15, -0.1) is 11.8 Å². The third-order valence-electron chi connectivity index (χ3n) is 5.10. The number of carbonyl (C=O) groups is 2. The number of hydrogen-bond donors (Lipinski definition) is 1. The normalized spacial score (nSPS) is 11.7. The van der Waals surface area contributed by atoms with Crippen LogP contribution in [0.25, 0.3) is 0 Å². The summed E-state index contributed by atoms with van der Waals surface area (Å²) in [5.41, 5.74) is 1.16. The van der Waals surface area contributed by atoms with E-state index in [1.165, 1.54) is 0 Å². The first-order chi connectivity index (χ1) is 15.0. The van der Waals surface area contributed by atoms with E-state index in [-0.39, 0.29) is 11.8 Å². The van der Waals surface area contributed by atoms with Gasteiger partial charge in [0, 0.05) is 35.2 Å². The highest BCUT2D eigenvalue weighted by Gasteiger charge is 2.27. The molecule has 1 atom stereocenters. The van der Waals surface area contributed by atoms with E-state index in [2.05, 4.69) is 24.4 Å². The van der Waals surface area contributed by atoms with Crippen molar-refractivity contribution < 1.29 is 9.59 Å². The minimum Gasteiger partial charge on any atom is -0.354 e. The van der Waals surface area contributed by atoms with Crippen LogP contribution in [0.2, 0.25) is 5.02 Å². The average molecular weight is 461 g/mol. The largest absolute Gasteiger partial charge is 0.354 e. The van der Waals surface area contributed by atoms with Gasteiger partial charge in [-0.2, -0.15) is 0 Å². The van der Waals surface area contributed by atoms with Gasteiger partial charge in [0.15, 0.2) is 0 Å². The van der Waals surface area contributed by atoms with E-state index < -0.39 is 6.04 Å². The number of halogens is 1. The average Bonchev–Trinajstić information content (AvgIpc) is 2.78. The van der Waals surface area contributed by atoms with Crippen LogP contribution in [0.5, 0.6) is 0 Å². The number of nitrogens with one attached hydrogen (secondary N) is 1. The zero-order valence-corrected chi connectivity index (χ0v) is 20.1. The lowest BCUT2D eigenvalue weighted by Crippen LogP contribution is -2.50. The Morgan fingerprint density at radius 1 is 1.06 bits per heavy atom. The van der Waals surface area contributed by atoms with E-state index in [0.717, 1.165) is 29.7 Å². The molecule has 2 rings (SSSR count). The lowest BCUT2D eigenvalue weighted by molar-refractivity contribution is -0.140. The molecule has 0 aliphatic carbocycles. The van der Waals surface area contributed by atoms with E-state index in [1.807, 2.05) is 49.4 Å². The second-order valence-electron chi connectivity index (χ2n) is 7.44. The molecule has 31 heavy (non-hydrogen) atoms. The van der Waals surface area contributed by atoms with Crippen molar-refractivity contribution in [2.45, 2.75) is 56.9 Å². The molecular formula is C25H33ClN2O2S. The molecule has 0 unspecified atom stereocenters. The zero-order chi connectivity index (χ0) is 22.5. The monoisotopic (exact) mass is 460 g/mol. The minimum absolute atomic E-state index is 0.0230.